The molecule has 0 atom stereocenters. The molecule has 0 aliphatic carbocycles. The topological polar surface area (TPSA) is 49.0 Å². The van der Waals surface area contributed by atoms with Gasteiger partial charge in [-0.05, 0) is 25.3 Å². The van der Waals surface area contributed by atoms with E-state index in [0.717, 1.165) is 43.1 Å². The van der Waals surface area contributed by atoms with E-state index in [1.165, 1.54) is 6.42 Å². The van der Waals surface area contributed by atoms with Crippen molar-refractivity contribution >= 4 is 0 Å². The third-order valence-corrected chi connectivity index (χ3v) is 3.89. The highest BCUT2D eigenvalue weighted by atomic mass is 16.1. The molecule has 0 unspecified atom stereocenters. The highest BCUT2D eigenvalue weighted by Crippen LogP contribution is 2.20. The van der Waals surface area contributed by atoms with Crippen molar-refractivity contribution in [3.63, 3.8) is 0 Å². The van der Waals surface area contributed by atoms with Gasteiger partial charge in [-0.1, -0.05) is 34.6 Å². The molecule has 0 fully saturated rings. The Bertz CT molecular complexity index is 526. The molecule has 1 aromatic heterocycles. The second-order valence-corrected chi connectivity index (χ2v) is 7.30. The molecule has 112 valence electrons. The first-order valence-corrected chi connectivity index (χ1v) is 7.62. The summed E-state index contributed by atoms with van der Waals surface area (Å²) < 4.78 is 0. The number of rotatable bonds is 3. The van der Waals surface area contributed by atoms with Gasteiger partial charge < -0.3 is 4.98 Å². The van der Waals surface area contributed by atoms with E-state index in [2.05, 4.69) is 44.5 Å². The minimum atomic E-state index is -0.117. The van der Waals surface area contributed by atoms with Crippen LogP contribution in [-0.4, -0.2) is 28.0 Å². The molecule has 0 saturated heterocycles. The van der Waals surface area contributed by atoms with Crippen molar-refractivity contribution in [3.8, 4) is 0 Å². The number of aromatic nitrogens is 2. The molecule has 1 N–H and O–H groups in total. The summed E-state index contributed by atoms with van der Waals surface area (Å²) in [6, 6.07) is 0. The largest absolute Gasteiger partial charge is 0.310 e. The maximum Gasteiger partial charge on any atom is 0.254 e. The summed E-state index contributed by atoms with van der Waals surface area (Å²) in [4.78, 5) is 22.3. The molecule has 0 aromatic carbocycles. The summed E-state index contributed by atoms with van der Waals surface area (Å²) in [5.41, 5.74) is 1.81. The van der Waals surface area contributed by atoms with Crippen LogP contribution in [0.15, 0.2) is 4.79 Å². The van der Waals surface area contributed by atoms with Gasteiger partial charge in [-0.3, -0.25) is 9.69 Å². The Morgan fingerprint density at radius 2 is 2.05 bits per heavy atom. The van der Waals surface area contributed by atoms with E-state index >= 15 is 0 Å². The van der Waals surface area contributed by atoms with Crippen molar-refractivity contribution in [1.29, 1.82) is 0 Å². The summed E-state index contributed by atoms with van der Waals surface area (Å²) in [6.45, 7) is 13.6. The van der Waals surface area contributed by atoms with Gasteiger partial charge in [-0.2, -0.15) is 0 Å². The fraction of sp³-hybridized carbons (Fsp3) is 0.750. The van der Waals surface area contributed by atoms with Crippen molar-refractivity contribution in [2.45, 2.75) is 59.4 Å². The van der Waals surface area contributed by atoms with E-state index in [0.29, 0.717) is 5.92 Å². The van der Waals surface area contributed by atoms with Crippen LogP contribution < -0.4 is 5.56 Å². The summed E-state index contributed by atoms with van der Waals surface area (Å²) in [6.07, 6.45) is 2.02. The Morgan fingerprint density at radius 3 is 2.65 bits per heavy atom. The van der Waals surface area contributed by atoms with Crippen LogP contribution in [0.1, 0.15) is 58.1 Å². The molecule has 4 nitrogen and oxygen atoms in total. The number of aromatic amines is 1. The first-order valence-electron chi connectivity index (χ1n) is 7.62. The van der Waals surface area contributed by atoms with E-state index in [9.17, 15) is 4.79 Å². The van der Waals surface area contributed by atoms with Crippen LogP contribution >= 0.6 is 0 Å². The highest BCUT2D eigenvalue weighted by Gasteiger charge is 2.24. The zero-order chi connectivity index (χ0) is 14.9. The Balaban J connectivity index is 2.22. The molecule has 1 aliphatic rings. The molecule has 0 amide bonds. The monoisotopic (exact) mass is 277 g/mol. The van der Waals surface area contributed by atoms with Gasteiger partial charge in [0, 0.05) is 24.1 Å². The van der Waals surface area contributed by atoms with Crippen LogP contribution in [0.2, 0.25) is 0 Å². The number of nitrogens with zero attached hydrogens (tertiary/aromatic N) is 2. The van der Waals surface area contributed by atoms with Crippen LogP contribution in [0.4, 0.5) is 0 Å². The van der Waals surface area contributed by atoms with Gasteiger partial charge in [0.2, 0.25) is 0 Å². The molecular weight excluding hydrogens is 250 g/mol. The zero-order valence-corrected chi connectivity index (χ0v) is 13.4. The molecule has 20 heavy (non-hydrogen) atoms. The Kier molecular flexibility index (Phi) is 4.33. The first-order chi connectivity index (χ1) is 9.27. The lowest BCUT2D eigenvalue weighted by Gasteiger charge is -2.29. The maximum absolute atomic E-state index is 12.2. The molecule has 2 heterocycles. The molecule has 4 heteroatoms. The molecule has 0 saturated carbocycles. The predicted octanol–water partition coefficient (Wildman–Crippen LogP) is 2.47. The van der Waals surface area contributed by atoms with E-state index < -0.39 is 0 Å². The predicted molar refractivity (Wildman–Crippen MR) is 82.0 cm³/mol. The lowest BCUT2D eigenvalue weighted by atomic mass is 9.95. The summed E-state index contributed by atoms with van der Waals surface area (Å²) in [5, 5.41) is 0. The van der Waals surface area contributed by atoms with Crippen LogP contribution in [-0.2, 0) is 18.4 Å². The van der Waals surface area contributed by atoms with Crippen LogP contribution in [0.25, 0.3) is 0 Å². The average Bonchev–Trinajstić information content (AvgIpc) is 2.34. The van der Waals surface area contributed by atoms with Gasteiger partial charge in [-0.25, -0.2) is 4.98 Å². The zero-order valence-electron chi connectivity index (χ0n) is 13.4. The van der Waals surface area contributed by atoms with Crippen LogP contribution in [0, 0.1) is 5.92 Å². The third kappa shape index (κ3) is 3.48. The first kappa shape index (κ1) is 15.2. The smallest absolute Gasteiger partial charge is 0.254 e. The molecule has 0 radical (unpaired) electrons. The third-order valence-electron chi connectivity index (χ3n) is 3.89. The number of fused-ring (bicyclic) bond motifs is 1. The standard InChI is InChI=1S/C16H27N3O/c1-11(2)6-8-19-9-7-12-13(10-19)17-15(16(3,4)5)18-14(12)20/h11H,6-10H2,1-5H3,(H,17,18,20). The highest BCUT2D eigenvalue weighted by molar-refractivity contribution is 5.22. The Labute approximate surface area is 121 Å². The molecule has 1 aliphatic heterocycles. The van der Waals surface area contributed by atoms with Crippen molar-refractivity contribution in [1.82, 2.24) is 14.9 Å². The lowest BCUT2D eigenvalue weighted by molar-refractivity contribution is 0.234. The second-order valence-electron chi connectivity index (χ2n) is 7.30. The molecule has 2 rings (SSSR count). The summed E-state index contributed by atoms with van der Waals surface area (Å²) in [7, 11) is 0. The van der Waals surface area contributed by atoms with Crippen LogP contribution in [0.3, 0.4) is 0 Å². The fourth-order valence-corrected chi connectivity index (χ4v) is 2.48. The number of H-pyrrole nitrogens is 1. The molecule has 1 aromatic rings. The van der Waals surface area contributed by atoms with Gasteiger partial charge >= 0.3 is 0 Å². The average molecular weight is 277 g/mol. The number of hydrogen-bond acceptors (Lipinski definition) is 3. The van der Waals surface area contributed by atoms with E-state index in [1.807, 2.05) is 0 Å². The van der Waals surface area contributed by atoms with Gasteiger partial charge in [0.1, 0.15) is 5.82 Å². The van der Waals surface area contributed by atoms with E-state index in [-0.39, 0.29) is 11.0 Å². The van der Waals surface area contributed by atoms with Gasteiger partial charge in [0.25, 0.3) is 5.56 Å². The Hall–Kier alpha value is -1.16. The maximum atomic E-state index is 12.2. The second kappa shape index (κ2) is 5.68. The van der Waals surface area contributed by atoms with E-state index in [1.54, 1.807) is 0 Å². The van der Waals surface area contributed by atoms with Crippen molar-refractivity contribution < 1.29 is 0 Å². The lowest BCUT2D eigenvalue weighted by Crippen LogP contribution is -2.37. The van der Waals surface area contributed by atoms with Gasteiger partial charge in [0.15, 0.2) is 0 Å². The summed E-state index contributed by atoms with van der Waals surface area (Å²) in [5.74, 6) is 1.51. The van der Waals surface area contributed by atoms with Crippen molar-refractivity contribution in [2.75, 3.05) is 13.1 Å². The fourth-order valence-electron chi connectivity index (χ4n) is 2.48. The number of nitrogens with one attached hydrogen (secondary N) is 1. The number of hydrogen-bond donors (Lipinski definition) is 1. The molecular formula is C16H27N3O. The minimum Gasteiger partial charge on any atom is -0.310 e. The minimum absolute atomic E-state index is 0.0587. The van der Waals surface area contributed by atoms with Crippen LogP contribution in [0.5, 0.6) is 0 Å². The van der Waals surface area contributed by atoms with Gasteiger partial charge in [0.05, 0.1) is 5.69 Å². The van der Waals surface area contributed by atoms with Crippen molar-refractivity contribution in [3.05, 3.63) is 27.4 Å². The Morgan fingerprint density at radius 1 is 1.35 bits per heavy atom. The molecule has 0 spiro atoms. The van der Waals surface area contributed by atoms with Crippen molar-refractivity contribution in [2.24, 2.45) is 5.92 Å². The molecule has 0 bridgehead atoms. The summed E-state index contributed by atoms with van der Waals surface area (Å²) >= 11 is 0. The normalized spacial score (nSPS) is 16.5. The SMILES string of the molecule is CC(C)CCN1CCc2c(nc(C(C)(C)C)[nH]c2=O)C1. The van der Waals surface area contributed by atoms with Gasteiger partial charge in [-0.15, -0.1) is 0 Å². The quantitative estimate of drug-likeness (QED) is 0.923. The van der Waals surface area contributed by atoms with E-state index in [4.69, 9.17) is 4.98 Å².